The van der Waals surface area contributed by atoms with Gasteiger partial charge in [-0.2, -0.15) is 11.8 Å². The number of hydrogen-bond donors (Lipinski definition) is 3. The SMILES string of the molecule is CN=C(NCC(CO)c1ccccc1)NCC(C)(C)SC.I. The van der Waals surface area contributed by atoms with Crippen molar-refractivity contribution < 1.29 is 5.11 Å². The summed E-state index contributed by atoms with van der Waals surface area (Å²) in [7, 11) is 1.76. The molecule has 1 atom stereocenters. The summed E-state index contributed by atoms with van der Waals surface area (Å²) in [6.07, 6.45) is 2.11. The van der Waals surface area contributed by atoms with Gasteiger partial charge < -0.3 is 15.7 Å². The highest BCUT2D eigenvalue weighted by atomic mass is 127. The van der Waals surface area contributed by atoms with Crippen LogP contribution >= 0.6 is 35.7 Å². The Labute approximate surface area is 155 Å². The molecule has 0 saturated heterocycles. The Hall–Kier alpha value is -0.470. The fourth-order valence-electron chi connectivity index (χ4n) is 1.82. The number of guanidine groups is 1. The van der Waals surface area contributed by atoms with Gasteiger partial charge in [-0.1, -0.05) is 30.3 Å². The molecule has 0 aliphatic rings. The van der Waals surface area contributed by atoms with Gasteiger partial charge in [0.2, 0.25) is 0 Å². The first-order chi connectivity index (χ1) is 10.0. The molecule has 1 aromatic rings. The zero-order valence-electron chi connectivity index (χ0n) is 13.8. The van der Waals surface area contributed by atoms with Crippen molar-refractivity contribution in [3.05, 3.63) is 35.9 Å². The second-order valence-corrected chi connectivity index (χ2v) is 7.07. The lowest BCUT2D eigenvalue weighted by molar-refractivity contribution is 0.265. The van der Waals surface area contributed by atoms with Crippen LogP contribution in [0.1, 0.15) is 25.3 Å². The van der Waals surface area contributed by atoms with Crippen LogP contribution < -0.4 is 10.6 Å². The molecule has 0 heterocycles. The van der Waals surface area contributed by atoms with E-state index >= 15 is 0 Å². The van der Waals surface area contributed by atoms with Crippen LogP contribution in [-0.4, -0.2) is 48.8 Å². The van der Waals surface area contributed by atoms with Crippen LogP contribution in [0.4, 0.5) is 0 Å². The summed E-state index contributed by atoms with van der Waals surface area (Å²) in [5.74, 6) is 0.838. The van der Waals surface area contributed by atoms with Gasteiger partial charge in [-0.3, -0.25) is 4.99 Å². The number of aliphatic imine (C=N–C) groups is 1. The summed E-state index contributed by atoms with van der Waals surface area (Å²) in [5.41, 5.74) is 1.13. The van der Waals surface area contributed by atoms with Crippen molar-refractivity contribution in [2.24, 2.45) is 4.99 Å². The molecule has 6 heteroatoms. The molecule has 1 unspecified atom stereocenters. The van der Waals surface area contributed by atoms with E-state index in [4.69, 9.17) is 0 Å². The Kier molecular flexibility index (Phi) is 10.9. The van der Waals surface area contributed by atoms with Gasteiger partial charge >= 0.3 is 0 Å². The normalized spacial score (nSPS) is 13.2. The molecule has 0 saturated carbocycles. The number of hydrogen-bond acceptors (Lipinski definition) is 3. The Morgan fingerprint density at radius 2 is 1.91 bits per heavy atom. The molecule has 0 amide bonds. The minimum atomic E-state index is 0. The van der Waals surface area contributed by atoms with E-state index in [2.05, 4.69) is 35.7 Å². The van der Waals surface area contributed by atoms with E-state index in [0.717, 1.165) is 18.1 Å². The second-order valence-electron chi connectivity index (χ2n) is 5.56. The van der Waals surface area contributed by atoms with Crippen LogP contribution in [0.2, 0.25) is 0 Å². The van der Waals surface area contributed by atoms with Crippen LogP contribution in [0.25, 0.3) is 0 Å². The predicted molar refractivity (Wildman–Crippen MR) is 109 cm³/mol. The number of aliphatic hydroxyl groups excluding tert-OH is 1. The van der Waals surface area contributed by atoms with Gasteiger partial charge in [0.05, 0.1) is 6.61 Å². The van der Waals surface area contributed by atoms with Gasteiger partial charge in [0, 0.05) is 30.8 Å². The Morgan fingerprint density at radius 3 is 2.41 bits per heavy atom. The predicted octanol–water partition coefficient (Wildman–Crippen LogP) is 2.69. The zero-order valence-corrected chi connectivity index (χ0v) is 16.9. The van der Waals surface area contributed by atoms with Gasteiger partial charge in [-0.05, 0) is 25.7 Å². The number of benzene rings is 1. The maximum absolute atomic E-state index is 9.56. The molecule has 0 aliphatic carbocycles. The highest BCUT2D eigenvalue weighted by molar-refractivity contribution is 14.0. The van der Waals surface area contributed by atoms with Crippen molar-refractivity contribution in [3.8, 4) is 0 Å². The summed E-state index contributed by atoms with van der Waals surface area (Å²) < 4.78 is 0.160. The number of nitrogens with one attached hydrogen (secondary N) is 2. The molecular weight excluding hydrogens is 409 g/mol. The minimum absolute atomic E-state index is 0. The molecule has 0 aromatic heterocycles. The van der Waals surface area contributed by atoms with E-state index in [-0.39, 0.29) is 41.2 Å². The molecule has 0 fully saturated rings. The largest absolute Gasteiger partial charge is 0.396 e. The molecule has 0 aliphatic heterocycles. The monoisotopic (exact) mass is 437 g/mol. The van der Waals surface area contributed by atoms with E-state index < -0.39 is 0 Å². The first-order valence-corrected chi connectivity index (χ1v) is 8.40. The van der Waals surface area contributed by atoms with E-state index in [1.54, 1.807) is 7.05 Å². The quantitative estimate of drug-likeness (QED) is 0.349. The van der Waals surface area contributed by atoms with Crippen molar-refractivity contribution >= 4 is 41.7 Å². The fraction of sp³-hybridized carbons (Fsp3) is 0.562. The average Bonchev–Trinajstić information content (AvgIpc) is 2.52. The number of aliphatic hydroxyl groups is 1. The molecule has 0 radical (unpaired) electrons. The summed E-state index contributed by atoms with van der Waals surface area (Å²) in [6.45, 7) is 5.99. The third kappa shape index (κ3) is 7.69. The van der Waals surface area contributed by atoms with Crippen LogP contribution in [0.3, 0.4) is 0 Å². The van der Waals surface area contributed by atoms with E-state index in [1.807, 2.05) is 42.1 Å². The molecule has 1 rings (SSSR count). The first-order valence-electron chi connectivity index (χ1n) is 7.18. The highest BCUT2D eigenvalue weighted by Crippen LogP contribution is 2.19. The zero-order chi connectivity index (χ0) is 15.7. The van der Waals surface area contributed by atoms with Crippen molar-refractivity contribution in [1.82, 2.24) is 10.6 Å². The van der Waals surface area contributed by atoms with Crippen molar-refractivity contribution in [1.29, 1.82) is 0 Å². The maximum Gasteiger partial charge on any atom is 0.191 e. The van der Waals surface area contributed by atoms with Crippen molar-refractivity contribution in [2.45, 2.75) is 24.5 Å². The van der Waals surface area contributed by atoms with E-state index in [9.17, 15) is 5.11 Å². The van der Waals surface area contributed by atoms with Crippen LogP contribution in [0.15, 0.2) is 35.3 Å². The molecule has 0 bridgehead atoms. The number of halogens is 1. The highest BCUT2D eigenvalue weighted by Gasteiger charge is 2.16. The Bertz CT molecular complexity index is 440. The lowest BCUT2D eigenvalue weighted by Gasteiger charge is -2.24. The first kappa shape index (κ1) is 21.5. The van der Waals surface area contributed by atoms with Gasteiger partial charge in [-0.15, -0.1) is 24.0 Å². The smallest absolute Gasteiger partial charge is 0.191 e. The topological polar surface area (TPSA) is 56.7 Å². The standard InChI is InChI=1S/C16H27N3OS.HI/c1-16(2,21-4)12-19-15(17-3)18-10-14(11-20)13-8-6-5-7-9-13;/h5-9,14,20H,10-12H2,1-4H3,(H2,17,18,19);1H. The second kappa shape index (κ2) is 11.1. The number of nitrogens with zero attached hydrogens (tertiary/aromatic N) is 1. The molecular formula is C16H28IN3OS. The molecule has 0 spiro atoms. The molecule has 22 heavy (non-hydrogen) atoms. The lowest BCUT2D eigenvalue weighted by atomic mass is 10.0. The van der Waals surface area contributed by atoms with Gasteiger partial charge in [0.15, 0.2) is 5.96 Å². The van der Waals surface area contributed by atoms with Crippen LogP contribution in [0, 0.1) is 0 Å². The Morgan fingerprint density at radius 1 is 1.27 bits per heavy atom. The third-order valence-corrected chi connectivity index (χ3v) is 4.71. The number of rotatable bonds is 7. The molecule has 4 nitrogen and oxygen atoms in total. The van der Waals surface area contributed by atoms with Crippen LogP contribution in [-0.2, 0) is 0 Å². The summed E-state index contributed by atoms with van der Waals surface area (Å²) in [5, 5.41) is 16.2. The van der Waals surface area contributed by atoms with Gasteiger partial charge in [0.25, 0.3) is 0 Å². The minimum Gasteiger partial charge on any atom is -0.396 e. The van der Waals surface area contributed by atoms with E-state index in [0.29, 0.717) is 6.54 Å². The fourth-order valence-corrected chi connectivity index (χ4v) is 2.04. The number of thioether (sulfide) groups is 1. The summed E-state index contributed by atoms with van der Waals surface area (Å²) >= 11 is 1.82. The average molecular weight is 437 g/mol. The third-order valence-electron chi connectivity index (χ3n) is 3.47. The van der Waals surface area contributed by atoms with Crippen LogP contribution in [0.5, 0.6) is 0 Å². The Balaban J connectivity index is 0.00000441. The van der Waals surface area contributed by atoms with E-state index in [1.165, 1.54) is 0 Å². The maximum atomic E-state index is 9.56. The molecule has 1 aromatic carbocycles. The molecule has 3 N–H and O–H groups in total. The molecule has 126 valence electrons. The summed E-state index contributed by atoms with van der Waals surface area (Å²) in [4.78, 5) is 4.23. The van der Waals surface area contributed by atoms with Gasteiger partial charge in [0.1, 0.15) is 0 Å². The van der Waals surface area contributed by atoms with Crippen molar-refractivity contribution in [2.75, 3.05) is 33.0 Å². The van der Waals surface area contributed by atoms with Gasteiger partial charge in [-0.25, -0.2) is 0 Å². The van der Waals surface area contributed by atoms with Crippen molar-refractivity contribution in [3.63, 3.8) is 0 Å². The lowest BCUT2D eigenvalue weighted by Crippen LogP contribution is -2.44. The summed E-state index contributed by atoms with van der Waals surface area (Å²) in [6, 6.07) is 10.0.